The van der Waals surface area contributed by atoms with Crippen LogP contribution in [0.25, 0.3) is 0 Å². The molecule has 1 heterocycles. The first-order valence-electron chi connectivity index (χ1n) is 5.95. The van der Waals surface area contributed by atoms with Crippen molar-refractivity contribution >= 4 is 11.9 Å². The monoisotopic (exact) mass is 266 g/mol. The maximum Gasteiger partial charge on any atom is 0.338 e. The minimum Gasteiger partial charge on any atom is -0.479 e. The van der Waals surface area contributed by atoms with Crippen molar-refractivity contribution in [3.63, 3.8) is 0 Å². The van der Waals surface area contributed by atoms with Crippen LogP contribution in [0.15, 0.2) is 24.4 Å². The number of hydrogen-bond donors (Lipinski definition) is 2. The highest BCUT2D eigenvalue weighted by atomic mass is 16.5. The van der Waals surface area contributed by atoms with E-state index in [0.29, 0.717) is 5.69 Å². The van der Waals surface area contributed by atoms with Crippen LogP contribution in [-0.4, -0.2) is 27.6 Å². The van der Waals surface area contributed by atoms with Crippen LogP contribution in [0.4, 0.5) is 0 Å². The van der Waals surface area contributed by atoms with Crippen molar-refractivity contribution in [2.24, 2.45) is 11.7 Å². The van der Waals surface area contributed by atoms with E-state index in [1.165, 1.54) is 0 Å². The van der Waals surface area contributed by atoms with Crippen molar-refractivity contribution in [1.82, 2.24) is 4.98 Å². The number of aliphatic carboxylic acids is 1. The summed E-state index contributed by atoms with van der Waals surface area (Å²) in [7, 11) is 0. The molecule has 0 saturated carbocycles. The average molecular weight is 266 g/mol. The summed E-state index contributed by atoms with van der Waals surface area (Å²) < 4.78 is 4.95. The number of carbonyl (C=O) groups excluding carboxylic acids is 1. The van der Waals surface area contributed by atoms with Crippen molar-refractivity contribution in [1.29, 1.82) is 0 Å². The molecule has 1 rings (SSSR count). The van der Waals surface area contributed by atoms with Gasteiger partial charge in [0.25, 0.3) is 0 Å². The number of rotatable bonds is 6. The normalized spacial score (nSPS) is 13.9. The van der Waals surface area contributed by atoms with Gasteiger partial charge >= 0.3 is 11.9 Å². The first-order valence-corrected chi connectivity index (χ1v) is 5.95. The van der Waals surface area contributed by atoms with E-state index in [0.717, 1.165) is 0 Å². The Kier molecular flexibility index (Phi) is 5.00. The largest absolute Gasteiger partial charge is 0.479 e. The molecule has 0 fully saturated rings. The number of esters is 1. The molecule has 0 bridgehead atoms. The fourth-order valence-corrected chi connectivity index (χ4v) is 1.65. The van der Waals surface area contributed by atoms with Gasteiger partial charge in [-0.1, -0.05) is 19.9 Å². The van der Waals surface area contributed by atoms with Crippen molar-refractivity contribution in [2.45, 2.75) is 32.4 Å². The van der Waals surface area contributed by atoms with Crippen LogP contribution >= 0.6 is 0 Å². The third-order valence-corrected chi connectivity index (χ3v) is 2.55. The summed E-state index contributed by atoms with van der Waals surface area (Å²) in [6.45, 7) is 3.48. The first-order chi connectivity index (χ1) is 8.86. The van der Waals surface area contributed by atoms with Gasteiger partial charge in [0.15, 0.2) is 0 Å². The van der Waals surface area contributed by atoms with Gasteiger partial charge in [-0.3, -0.25) is 4.98 Å². The maximum absolute atomic E-state index is 11.9. The highest BCUT2D eigenvalue weighted by Gasteiger charge is 2.44. The number of ether oxygens (including phenoxy) is 1. The minimum absolute atomic E-state index is 0.0172. The third kappa shape index (κ3) is 4.03. The molecule has 6 nitrogen and oxygen atoms in total. The summed E-state index contributed by atoms with van der Waals surface area (Å²) in [4.78, 5) is 27.0. The van der Waals surface area contributed by atoms with Gasteiger partial charge in [-0.25, -0.2) is 9.59 Å². The van der Waals surface area contributed by atoms with Gasteiger partial charge in [0.2, 0.25) is 5.54 Å². The van der Waals surface area contributed by atoms with Crippen molar-refractivity contribution in [3.8, 4) is 0 Å². The van der Waals surface area contributed by atoms with Gasteiger partial charge in [-0.15, -0.1) is 0 Å². The molecule has 1 aromatic rings. The number of carboxylic acid groups (broad SMARTS) is 1. The molecule has 104 valence electrons. The lowest BCUT2D eigenvalue weighted by molar-refractivity contribution is -0.163. The van der Waals surface area contributed by atoms with Crippen molar-refractivity contribution < 1.29 is 19.4 Å². The quantitative estimate of drug-likeness (QED) is 0.587. The van der Waals surface area contributed by atoms with Gasteiger partial charge in [0.1, 0.15) is 6.61 Å². The Balaban J connectivity index is 2.71. The number of pyridine rings is 1. The molecule has 0 aromatic carbocycles. The van der Waals surface area contributed by atoms with Gasteiger partial charge in [0.05, 0.1) is 5.69 Å². The van der Waals surface area contributed by atoms with Gasteiger partial charge in [-0.2, -0.15) is 0 Å². The van der Waals surface area contributed by atoms with Crippen LogP contribution in [0.3, 0.4) is 0 Å². The second-order valence-electron chi connectivity index (χ2n) is 4.77. The van der Waals surface area contributed by atoms with Gasteiger partial charge in [-0.05, 0) is 24.5 Å². The highest BCUT2D eigenvalue weighted by Crippen LogP contribution is 2.17. The smallest absolute Gasteiger partial charge is 0.338 e. The topological polar surface area (TPSA) is 103 Å². The van der Waals surface area contributed by atoms with Crippen LogP contribution in [-0.2, 0) is 20.9 Å². The lowest BCUT2D eigenvalue weighted by atomic mass is 9.90. The molecule has 0 spiro atoms. The molecule has 6 heteroatoms. The predicted octanol–water partition coefficient (Wildman–Crippen LogP) is 0.953. The lowest BCUT2D eigenvalue weighted by Gasteiger charge is -2.24. The molecule has 1 aromatic heterocycles. The number of hydrogen-bond acceptors (Lipinski definition) is 5. The highest BCUT2D eigenvalue weighted by molar-refractivity contribution is 6.03. The maximum atomic E-state index is 11.9. The molecular weight excluding hydrogens is 248 g/mol. The molecule has 0 aliphatic carbocycles. The fraction of sp³-hybridized carbons (Fsp3) is 0.462. The summed E-state index contributed by atoms with van der Waals surface area (Å²) >= 11 is 0. The van der Waals surface area contributed by atoms with E-state index in [9.17, 15) is 9.59 Å². The summed E-state index contributed by atoms with van der Waals surface area (Å²) in [5, 5.41) is 9.11. The van der Waals surface area contributed by atoms with Crippen molar-refractivity contribution in [2.75, 3.05) is 0 Å². The fourth-order valence-electron chi connectivity index (χ4n) is 1.65. The number of carbonyl (C=O) groups is 2. The van der Waals surface area contributed by atoms with E-state index in [1.807, 2.05) is 0 Å². The molecule has 0 aliphatic rings. The third-order valence-electron chi connectivity index (χ3n) is 2.55. The molecular formula is C13H18N2O4. The second-order valence-corrected chi connectivity index (χ2v) is 4.77. The molecule has 0 saturated heterocycles. The number of carboxylic acids is 1. The Hall–Kier alpha value is -1.95. The Morgan fingerprint density at radius 2 is 2.16 bits per heavy atom. The zero-order valence-electron chi connectivity index (χ0n) is 11.0. The Morgan fingerprint density at radius 1 is 1.47 bits per heavy atom. The van der Waals surface area contributed by atoms with E-state index in [-0.39, 0.29) is 18.9 Å². The van der Waals surface area contributed by atoms with Gasteiger partial charge < -0.3 is 15.6 Å². The molecule has 0 aliphatic heterocycles. The number of nitrogens with zero attached hydrogens (tertiary/aromatic N) is 1. The standard InChI is InChI=1S/C13H18N2O4/c1-9(2)7-13(14,11(16)17)12(18)19-8-10-5-3-4-6-15-10/h3-6,9H,7-8,14H2,1-2H3,(H,16,17). The molecule has 0 amide bonds. The molecule has 19 heavy (non-hydrogen) atoms. The van der Waals surface area contributed by atoms with E-state index in [1.54, 1.807) is 38.2 Å². The van der Waals surface area contributed by atoms with E-state index in [4.69, 9.17) is 15.6 Å². The van der Waals surface area contributed by atoms with Crippen LogP contribution in [0.1, 0.15) is 26.0 Å². The van der Waals surface area contributed by atoms with E-state index >= 15 is 0 Å². The Morgan fingerprint density at radius 3 is 2.63 bits per heavy atom. The van der Waals surface area contributed by atoms with E-state index in [2.05, 4.69) is 4.98 Å². The molecule has 1 atom stereocenters. The average Bonchev–Trinajstić information content (AvgIpc) is 2.36. The predicted molar refractivity (Wildman–Crippen MR) is 68.0 cm³/mol. The molecule has 3 N–H and O–H groups in total. The summed E-state index contributed by atoms with van der Waals surface area (Å²) in [5.41, 5.74) is 4.18. The van der Waals surface area contributed by atoms with Crippen LogP contribution in [0.5, 0.6) is 0 Å². The lowest BCUT2D eigenvalue weighted by Crippen LogP contribution is -2.56. The van der Waals surface area contributed by atoms with Crippen molar-refractivity contribution in [3.05, 3.63) is 30.1 Å². The number of aromatic nitrogens is 1. The zero-order valence-corrected chi connectivity index (χ0v) is 11.0. The first kappa shape index (κ1) is 15.1. The van der Waals surface area contributed by atoms with E-state index < -0.39 is 17.5 Å². The van der Waals surface area contributed by atoms with Crippen LogP contribution in [0, 0.1) is 5.92 Å². The molecule has 1 unspecified atom stereocenters. The van der Waals surface area contributed by atoms with Crippen LogP contribution < -0.4 is 5.73 Å². The SMILES string of the molecule is CC(C)CC(N)(C(=O)O)C(=O)OCc1ccccn1. The summed E-state index contributed by atoms with van der Waals surface area (Å²) in [6.07, 6.45) is 1.58. The molecule has 0 radical (unpaired) electrons. The summed E-state index contributed by atoms with van der Waals surface area (Å²) in [5.74, 6) is -2.37. The summed E-state index contributed by atoms with van der Waals surface area (Å²) in [6, 6.07) is 5.15. The Bertz CT molecular complexity index is 447. The number of nitrogens with two attached hydrogens (primary N) is 1. The van der Waals surface area contributed by atoms with Gasteiger partial charge in [0, 0.05) is 6.20 Å². The zero-order chi connectivity index (χ0) is 14.5. The minimum atomic E-state index is -2.01. The second kappa shape index (κ2) is 6.29. The van der Waals surface area contributed by atoms with Crippen LogP contribution in [0.2, 0.25) is 0 Å². The Labute approximate surface area is 111 Å².